The zero-order valence-electron chi connectivity index (χ0n) is 10.5. The number of hydrogen-bond acceptors (Lipinski definition) is 3. The maximum atomic E-state index is 13.1. The highest BCUT2D eigenvalue weighted by Crippen LogP contribution is 2.14. The number of rotatable bonds is 1. The molecule has 1 aliphatic rings. The average Bonchev–Trinajstić information content (AvgIpc) is 2.79. The van der Waals surface area contributed by atoms with Crippen LogP contribution in [0.1, 0.15) is 12.0 Å². The Morgan fingerprint density at radius 1 is 1.47 bits per heavy atom. The van der Waals surface area contributed by atoms with Gasteiger partial charge in [0.15, 0.2) is 0 Å². The SMILES string of the molecule is Cc1cc(NC(=O)C(=O)N2CC[C@@H](O)C2)ccc1F. The normalized spacial score (nSPS) is 18.5. The van der Waals surface area contributed by atoms with E-state index in [1.807, 2.05) is 0 Å². The smallest absolute Gasteiger partial charge is 0.313 e. The van der Waals surface area contributed by atoms with E-state index < -0.39 is 17.9 Å². The van der Waals surface area contributed by atoms with Gasteiger partial charge in [-0.1, -0.05) is 0 Å². The molecule has 5 nitrogen and oxygen atoms in total. The molecule has 2 N–H and O–H groups in total. The van der Waals surface area contributed by atoms with Gasteiger partial charge in [0.1, 0.15) is 5.82 Å². The number of likely N-dealkylation sites (tertiary alicyclic amines) is 1. The van der Waals surface area contributed by atoms with E-state index >= 15 is 0 Å². The molecule has 2 amide bonds. The Bertz CT molecular complexity index is 519. The van der Waals surface area contributed by atoms with Crippen LogP contribution in [0.4, 0.5) is 10.1 Å². The largest absolute Gasteiger partial charge is 0.391 e. The first-order valence-electron chi connectivity index (χ1n) is 6.02. The Kier molecular flexibility index (Phi) is 3.80. The monoisotopic (exact) mass is 266 g/mol. The number of amides is 2. The molecule has 0 saturated carbocycles. The third-order valence-corrected chi connectivity index (χ3v) is 3.06. The van der Waals surface area contributed by atoms with Crippen LogP contribution in [0.15, 0.2) is 18.2 Å². The van der Waals surface area contributed by atoms with Gasteiger partial charge in [0.25, 0.3) is 0 Å². The molecule has 1 saturated heterocycles. The van der Waals surface area contributed by atoms with Crippen molar-refractivity contribution in [2.24, 2.45) is 0 Å². The maximum absolute atomic E-state index is 13.1. The lowest BCUT2D eigenvalue weighted by molar-refractivity contribution is -0.142. The summed E-state index contributed by atoms with van der Waals surface area (Å²) in [6.07, 6.45) is -0.0842. The van der Waals surface area contributed by atoms with Crippen LogP contribution in [0.25, 0.3) is 0 Å². The van der Waals surface area contributed by atoms with Crippen LogP contribution in [0.2, 0.25) is 0 Å². The van der Waals surface area contributed by atoms with Crippen molar-refractivity contribution < 1.29 is 19.1 Å². The quantitative estimate of drug-likeness (QED) is 0.734. The fraction of sp³-hybridized carbons (Fsp3) is 0.385. The summed E-state index contributed by atoms with van der Waals surface area (Å²) in [5, 5.41) is 11.7. The number of aliphatic hydroxyl groups is 1. The molecule has 1 fully saturated rings. The number of carbonyl (C=O) groups excluding carboxylic acids is 2. The molecule has 1 aliphatic heterocycles. The predicted octanol–water partition coefficient (Wildman–Crippen LogP) is 0.666. The van der Waals surface area contributed by atoms with Gasteiger partial charge in [-0.25, -0.2) is 4.39 Å². The third-order valence-electron chi connectivity index (χ3n) is 3.06. The molecular formula is C13H15FN2O3. The molecule has 1 atom stereocenters. The number of benzene rings is 1. The van der Waals surface area contributed by atoms with Gasteiger partial charge in [-0.15, -0.1) is 0 Å². The van der Waals surface area contributed by atoms with Crippen molar-refractivity contribution in [1.82, 2.24) is 4.90 Å². The number of aryl methyl sites for hydroxylation is 1. The number of halogens is 1. The number of nitrogens with zero attached hydrogens (tertiary/aromatic N) is 1. The Morgan fingerprint density at radius 3 is 2.79 bits per heavy atom. The highest BCUT2D eigenvalue weighted by atomic mass is 19.1. The summed E-state index contributed by atoms with van der Waals surface area (Å²) in [7, 11) is 0. The molecule has 1 aromatic rings. The number of aliphatic hydroxyl groups excluding tert-OH is 1. The first-order valence-corrected chi connectivity index (χ1v) is 6.02. The fourth-order valence-corrected chi connectivity index (χ4v) is 1.98. The molecule has 0 unspecified atom stereocenters. The van der Waals surface area contributed by atoms with Gasteiger partial charge in [0, 0.05) is 18.8 Å². The van der Waals surface area contributed by atoms with Crippen molar-refractivity contribution in [2.75, 3.05) is 18.4 Å². The van der Waals surface area contributed by atoms with Crippen LogP contribution in [0.5, 0.6) is 0 Å². The zero-order valence-corrected chi connectivity index (χ0v) is 10.5. The summed E-state index contributed by atoms with van der Waals surface area (Å²) in [6, 6.07) is 4.08. The van der Waals surface area contributed by atoms with E-state index in [9.17, 15) is 19.1 Å². The summed E-state index contributed by atoms with van der Waals surface area (Å²) in [5.41, 5.74) is 0.763. The fourth-order valence-electron chi connectivity index (χ4n) is 1.98. The number of β-amino-alcohol motifs (C(OH)–C–C–N with tert-alkyl or cyclic N) is 1. The minimum absolute atomic E-state index is 0.175. The number of carbonyl (C=O) groups is 2. The van der Waals surface area contributed by atoms with Crippen molar-refractivity contribution in [2.45, 2.75) is 19.4 Å². The first kappa shape index (κ1) is 13.5. The van der Waals surface area contributed by atoms with Crippen LogP contribution < -0.4 is 5.32 Å². The second kappa shape index (κ2) is 5.36. The van der Waals surface area contributed by atoms with Crippen molar-refractivity contribution in [3.8, 4) is 0 Å². The molecule has 6 heteroatoms. The highest BCUT2D eigenvalue weighted by Gasteiger charge is 2.28. The van der Waals surface area contributed by atoms with Gasteiger partial charge in [-0.05, 0) is 37.1 Å². The summed E-state index contributed by atoms with van der Waals surface area (Å²) in [6.45, 7) is 2.12. The van der Waals surface area contributed by atoms with Crippen molar-refractivity contribution in [3.05, 3.63) is 29.6 Å². The summed E-state index contributed by atoms with van der Waals surface area (Å²) >= 11 is 0. The Morgan fingerprint density at radius 2 is 2.21 bits per heavy atom. The van der Waals surface area contributed by atoms with Crippen LogP contribution in [-0.2, 0) is 9.59 Å². The minimum atomic E-state index is -0.778. The van der Waals surface area contributed by atoms with E-state index in [0.717, 1.165) is 0 Å². The lowest BCUT2D eigenvalue weighted by atomic mass is 10.2. The highest BCUT2D eigenvalue weighted by molar-refractivity contribution is 6.39. The van der Waals surface area contributed by atoms with E-state index in [1.165, 1.54) is 23.1 Å². The van der Waals surface area contributed by atoms with Gasteiger partial charge in [0.05, 0.1) is 6.10 Å². The Hall–Kier alpha value is -1.95. The van der Waals surface area contributed by atoms with Gasteiger partial charge >= 0.3 is 11.8 Å². The van der Waals surface area contributed by atoms with Gasteiger partial charge in [-0.3, -0.25) is 9.59 Å². The zero-order chi connectivity index (χ0) is 14.0. The molecule has 0 aliphatic carbocycles. The van der Waals surface area contributed by atoms with E-state index in [2.05, 4.69) is 5.32 Å². The Labute approximate surface area is 110 Å². The van der Waals surface area contributed by atoms with Crippen molar-refractivity contribution in [1.29, 1.82) is 0 Å². The van der Waals surface area contributed by atoms with E-state index in [4.69, 9.17) is 0 Å². The first-order chi connectivity index (χ1) is 8.97. The maximum Gasteiger partial charge on any atom is 0.313 e. The van der Waals surface area contributed by atoms with Gasteiger partial charge < -0.3 is 15.3 Å². The molecule has 19 heavy (non-hydrogen) atoms. The van der Waals surface area contributed by atoms with Crippen LogP contribution >= 0.6 is 0 Å². The minimum Gasteiger partial charge on any atom is -0.391 e. The molecule has 0 radical (unpaired) electrons. The molecule has 0 bridgehead atoms. The third kappa shape index (κ3) is 3.08. The summed E-state index contributed by atoms with van der Waals surface area (Å²) in [4.78, 5) is 24.8. The lowest BCUT2D eigenvalue weighted by Gasteiger charge is -2.15. The predicted molar refractivity (Wildman–Crippen MR) is 67.0 cm³/mol. The number of anilines is 1. The van der Waals surface area contributed by atoms with Crippen molar-refractivity contribution >= 4 is 17.5 Å². The molecule has 1 heterocycles. The number of hydrogen-bond donors (Lipinski definition) is 2. The molecule has 2 rings (SSSR count). The lowest BCUT2D eigenvalue weighted by Crippen LogP contribution is -2.38. The standard InChI is InChI=1S/C13H15FN2O3/c1-8-6-9(2-3-11(8)14)15-12(18)13(19)16-5-4-10(17)7-16/h2-3,6,10,17H,4-5,7H2,1H3,(H,15,18)/t10-/m1/s1. The summed E-state index contributed by atoms with van der Waals surface area (Å²) in [5.74, 6) is -1.83. The van der Waals surface area contributed by atoms with Crippen molar-refractivity contribution in [3.63, 3.8) is 0 Å². The van der Waals surface area contributed by atoms with Crippen LogP contribution in [-0.4, -0.2) is 41.0 Å². The second-order valence-electron chi connectivity index (χ2n) is 4.61. The van der Waals surface area contributed by atoms with E-state index in [0.29, 0.717) is 24.2 Å². The number of nitrogens with one attached hydrogen (secondary N) is 1. The molecule has 1 aromatic carbocycles. The van der Waals surface area contributed by atoms with Gasteiger partial charge in [-0.2, -0.15) is 0 Å². The van der Waals surface area contributed by atoms with E-state index in [1.54, 1.807) is 6.92 Å². The topological polar surface area (TPSA) is 69.6 Å². The van der Waals surface area contributed by atoms with Gasteiger partial charge in [0.2, 0.25) is 0 Å². The molecule has 102 valence electrons. The molecule has 0 spiro atoms. The molecule has 0 aromatic heterocycles. The summed E-state index contributed by atoms with van der Waals surface area (Å²) < 4.78 is 13.1. The average molecular weight is 266 g/mol. The van der Waals surface area contributed by atoms with E-state index in [-0.39, 0.29) is 12.4 Å². The van der Waals surface area contributed by atoms with Crippen LogP contribution in [0.3, 0.4) is 0 Å². The Balaban J connectivity index is 2.00. The van der Waals surface area contributed by atoms with Crippen LogP contribution in [0, 0.1) is 12.7 Å². The second-order valence-corrected chi connectivity index (χ2v) is 4.61. The molecular weight excluding hydrogens is 251 g/mol.